The first-order valence-electron chi connectivity index (χ1n) is 9.10. The van der Waals surface area contributed by atoms with Crippen LogP contribution in [-0.4, -0.2) is 46.6 Å². The number of anilines is 2. The average Bonchev–Trinajstić information content (AvgIpc) is 3.15. The molecule has 1 amide bonds. The number of hydrogen-bond acceptors (Lipinski definition) is 8. The third-order valence-electron chi connectivity index (χ3n) is 4.27. The second kappa shape index (κ2) is 9.22. The van der Waals surface area contributed by atoms with Gasteiger partial charge in [-0.25, -0.2) is 5.06 Å². The predicted octanol–water partition coefficient (Wildman–Crippen LogP) is 3.10. The van der Waals surface area contributed by atoms with Crippen molar-refractivity contribution >= 4 is 18.1 Å². The Balaban J connectivity index is 1.68. The van der Waals surface area contributed by atoms with Gasteiger partial charge in [0.25, 0.3) is 0 Å². The van der Waals surface area contributed by atoms with Crippen LogP contribution in [0.25, 0.3) is 0 Å². The van der Waals surface area contributed by atoms with E-state index in [-0.39, 0.29) is 18.5 Å². The number of fused-ring (bicyclic) bond motifs is 1. The summed E-state index contributed by atoms with van der Waals surface area (Å²) in [5, 5.41) is 21.3. The Morgan fingerprint density at radius 2 is 2.07 bits per heavy atom. The molecule has 0 aliphatic carbocycles. The summed E-state index contributed by atoms with van der Waals surface area (Å²) in [5.41, 5.74) is 0.730. The second-order valence-electron chi connectivity index (χ2n) is 6.35. The normalized spacial score (nSPS) is 13.9. The molecule has 0 fully saturated rings. The van der Waals surface area contributed by atoms with Gasteiger partial charge < -0.3 is 19.2 Å². The number of benzene rings is 1. The van der Waals surface area contributed by atoms with E-state index >= 15 is 0 Å². The van der Waals surface area contributed by atoms with Crippen LogP contribution < -0.4 is 14.8 Å². The number of hydrogen-bond donors (Lipinski definition) is 2. The van der Waals surface area contributed by atoms with Crippen LogP contribution in [0.5, 0.6) is 11.5 Å². The fraction of sp³-hybridized carbons (Fsp3) is 0.500. The number of carbonyl (C=O) groups is 1. The van der Waals surface area contributed by atoms with Crippen LogP contribution in [0.4, 0.5) is 11.7 Å². The van der Waals surface area contributed by atoms with Gasteiger partial charge in [-0.3, -0.25) is 10.0 Å². The van der Waals surface area contributed by atoms with Gasteiger partial charge in [-0.2, -0.15) is 0 Å². The first-order valence-corrected chi connectivity index (χ1v) is 9.10. The molecule has 0 radical (unpaired) electrons. The number of nitrogens with one attached hydrogen (secondary N) is 1. The number of unbranched alkanes of at least 4 members (excludes halogenated alkanes) is 2. The third kappa shape index (κ3) is 5.10. The first kappa shape index (κ1) is 19.0. The Kier molecular flexibility index (Phi) is 6.48. The van der Waals surface area contributed by atoms with Crippen molar-refractivity contribution in [2.24, 2.45) is 0 Å². The Morgan fingerprint density at radius 1 is 1.26 bits per heavy atom. The molecule has 2 N–H and O–H groups in total. The number of rotatable bonds is 10. The zero-order valence-electron chi connectivity index (χ0n) is 15.3. The molecule has 1 aliphatic heterocycles. The molecule has 0 unspecified atom stereocenters. The highest BCUT2D eigenvalue weighted by Crippen LogP contribution is 2.33. The quantitative estimate of drug-likeness (QED) is 0.282. The zero-order chi connectivity index (χ0) is 19.1. The fourth-order valence-electron chi connectivity index (χ4n) is 2.90. The average molecular weight is 376 g/mol. The van der Waals surface area contributed by atoms with E-state index in [1.54, 1.807) is 6.07 Å². The number of hydroxylamine groups is 2. The molecule has 9 heteroatoms. The summed E-state index contributed by atoms with van der Waals surface area (Å²) in [7, 11) is 0. The maximum Gasteiger partial charge on any atom is 0.320 e. The summed E-state index contributed by atoms with van der Waals surface area (Å²) in [6, 6.07) is 5.68. The molecule has 2 aromatic rings. The van der Waals surface area contributed by atoms with Gasteiger partial charge in [0.1, 0.15) is 13.2 Å². The molecule has 0 bridgehead atoms. The van der Waals surface area contributed by atoms with Crippen LogP contribution >= 0.6 is 0 Å². The zero-order valence-corrected chi connectivity index (χ0v) is 15.3. The van der Waals surface area contributed by atoms with E-state index in [0.717, 1.165) is 31.4 Å². The van der Waals surface area contributed by atoms with Gasteiger partial charge in [0.2, 0.25) is 12.3 Å². The molecule has 2 heterocycles. The van der Waals surface area contributed by atoms with Crippen molar-refractivity contribution in [2.45, 2.75) is 38.5 Å². The van der Waals surface area contributed by atoms with Gasteiger partial charge >= 0.3 is 6.01 Å². The van der Waals surface area contributed by atoms with Gasteiger partial charge in [-0.05, 0) is 18.6 Å². The van der Waals surface area contributed by atoms with E-state index < -0.39 is 0 Å². The lowest BCUT2D eigenvalue weighted by atomic mass is 10.0. The minimum atomic E-state index is -0.227. The van der Waals surface area contributed by atoms with Crippen molar-refractivity contribution in [1.82, 2.24) is 15.3 Å². The lowest BCUT2D eigenvalue weighted by molar-refractivity contribution is -0.151. The summed E-state index contributed by atoms with van der Waals surface area (Å²) in [6.45, 7) is 3.27. The Hall–Kier alpha value is -2.81. The standard InChI is InChI=1S/C18H24N4O5/c1-2-3-4-5-13(11-22(24)12-23)17-20-21-18(27-17)19-14-6-7-15-16(10-14)26-9-8-25-15/h6-7,10,12-13,24H,2-5,8-9,11H2,1H3,(H,19,21)/t13-/m0/s1. The molecule has 0 saturated carbocycles. The van der Waals surface area contributed by atoms with E-state index in [9.17, 15) is 10.0 Å². The summed E-state index contributed by atoms with van der Waals surface area (Å²) >= 11 is 0. The first-order chi connectivity index (χ1) is 13.2. The molecule has 1 aliphatic rings. The Bertz CT molecular complexity index is 751. The molecule has 3 rings (SSSR count). The fourth-order valence-corrected chi connectivity index (χ4v) is 2.90. The minimum absolute atomic E-state index is 0.110. The number of amides is 1. The van der Waals surface area contributed by atoms with Crippen LogP contribution in [0.1, 0.15) is 44.4 Å². The highest BCUT2D eigenvalue weighted by molar-refractivity contribution is 5.59. The smallest absolute Gasteiger partial charge is 0.320 e. The number of nitrogens with zero attached hydrogens (tertiary/aromatic N) is 3. The molecular weight excluding hydrogens is 352 g/mol. The third-order valence-corrected chi connectivity index (χ3v) is 4.27. The number of ether oxygens (including phenoxy) is 2. The largest absolute Gasteiger partial charge is 0.486 e. The Morgan fingerprint density at radius 3 is 2.85 bits per heavy atom. The van der Waals surface area contributed by atoms with Crippen molar-refractivity contribution in [1.29, 1.82) is 0 Å². The summed E-state index contributed by atoms with van der Waals surface area (Å²) in [5.74, 6) is 1.51. The molecule has 27 heavy (non-hydrogen) atoms. The van der Waals surface area contributed by atoms with Gasteiger partial charge in [0, 0.05) is 11.8 Å². The SMILES string of the molecule is CCCCC[C@@H](CN(O)C=O)c1nnc(Nc2ccc3c(c2)OCCO3)o1. The Labute approximate surface area is 157 Å². The van der Waals surface area contributed by atoms with Gasteiger partial charge in [-0.15, -0.1) is 5.10 Å². The maximum absolute atomic E-state index is 10.7. The molecular formula is C18H24N4O5. The summed E-state index contributed by atoms with van der Waals surface area (Å²) in [4.78, 5) is 10.7. The van der Waals surface area contributed by atoms with E-state index in [4.69, 9.17) is 13.9 Å². The molecule has 0 saturated heterocycles. The van der Waals surface area contributed by atoms with Crippen molar-refractivity contribution in [3.63, 3.8) is 0 Å². The molecule has 1 atom stereocenters. The minimum Gasteiger partial charge on any atom is -0.486 e. The topological polar surface area (TPSA) is 110 Å². The van der Waals surface area contributed by atoms with Gasteiger partial charge in [0.15, 0.2) is 11.5 Å². The van der Waals surface area contributed by atoms with E-state index in [1.807, 2.05) is 12.1 Å². The van der Waals surface area contributed by atoms with Crippen LogP contribution in [0.3, 0.4) is 0 Å². The highest BCUT2D eigenvalue weighted by Gasteiger charge is 2.21. The summed E-state index contributed by atoms with van der Waals surface area (Å²) in [6.07, 6.45) is 4.19. The predicted molar refractivity (Wildman–Crippen MR) is 96.5 cm³/mol. The molecule has 0 spiro atoms. The van der Waals surface area contributed by atoms with Crippen molar-refractivity contribution in [3.8, 4) is 11.5 Å². The van der Waals surface area contributed by atoms with E-state index in [0.29, 0.717) is 42.1 Å². The molecule has 1 aromatic heterocycles. The second-order valence-corrected chi connectivity index (χ2v) is 6.35. The van der Waals surface area contributed by atoms with Gasteiger partial charge in [-0.1, -0.05) is 31.3 Å². The van der Waals surface area contributed by atoms with Crippen molar-refractivity contribution in [2.75, 3.05) is 25.1 Å². The summed E-state index contributed by atoms with van der Waals surface area (Å²) < 4.78 is 16.8. The van der Waals surface area contributed by atoms with Crippen molar-refractivity contribution < 1.29 is 23.9 Å². The number of aromatic nitrogens is 2. The molecule has 146 valence electrons. The van der Waals surface area contributed by atoms with Crippen molar-refractivity contribution in [3.05, 3.63) is 24.1 Å². The lowest BCUT2D eigenvalue weighted by Gasteiger charge is -2.18. The van der Waals surface area contributed by atoms with E-state index in [1.165, 1.54) is 0 Å². The van der Waals surface area contributed by atoms with Crippen LogP contribution in [0.15, 0.2) is 22.6 Å². The van der Waals surface area contributed by atoms with Gasteiger partial charge in [0.05, 0.1) is 12.5 Å². The lowest BCUT2D eigenvalue weighted by Crippen LogP contribution is -2.24. The van der Waals surface area contributed by atoms with Crippen LogP contribution in [0, 0.1) is 0 Å². The van der Waals surface area contributed by atoms with E-state index in [2.05, 4.69) is 22.4 Å². The molecule has 1 aromatic carbocycles. The molecule has 9 nitrogen and oxygen atoms in total. The highest BCUT2D eigenvalue weighted by atomic mass is 16.6. The van der Waals surface area contributed by atoms with Crippen LogP contribution in [-0.2, 0) is 4.79 Å². The van der Waals surface area contributed by atoms with Crippen LogP contribution in [0.2, 0.25) is 0 Å². The monoisotopic (exact) mass is 376 g/mol. The number of carbonyl (C=O) groups excluding carboxylic acids is 1. The maximum atomic E-state index is 10.7.